The molecule has 2 N–H and O–H groups in total. The number of ether oxygens (including phenoxy) is 1. The van der Waals surface area contributed by atoms with Gasteiger partial charge in [0.15, 0.2) is 5.78 Å². The van der Waals surface area contributed by atoms with Gasteiger partial charge in [-0.15, -0.1) is 0 Å². The Morgan fingerprint density at radius 1 is 1.05 bits per heavy atom. The first-order valence-electron chi connectivity index (χ1n) is 14.3. The van der Waals surface area contributed by atoms with Crippen LogP contribution in [-0.2, 0) is 23.3 Å². The van der Waals surface area contributed by atoms with Gasteiger partial charge < -0.3 is 23.9 Å². The van der Waals surface area contributed by atoms with Crippen LogP contribution in [0, 0.1) is 5.41 Å². The largest absolute Gasteiger partial charge is 0.491 e. The second-order valence-electron chi connectivity index (χ2n) is 11.4. The van der Waals surface area contributed by atoms with Crippen LogP contribution in [-0.4, -0.2) is 45.7 Å². The Balaban J connectivity index is 1.90. The van der Waals surface area contributed by atoms with Crippen LogP contribution >= 0.6 is 0 Å². The minimum Gasteiger partial charge on any atom is -0.491 e. The number of anilines is 1. The van der Waals surface area contributed by atoms with Crippen molar-refractivity contribution < 1.29 is 19.4 Å². The number of Topliss-reactive ketones (excluding diaryl/α,β-unsaturated/α-hetero) is 1. The molecule has 0 amide bonds. The number of benzene rings is 1. The maximum Gasteiger partial charge on any atom is 0.303 e. The molecule has 0 aliphatic carbocycles. The molecule has 214 valence electrons. The van der Waals surface area contributed by atoms with E-state index in [1.807, 2.05) is 29.1 Å². The summed E-state index contributed by atoms with van der Waals surface area (Å²) in [5, 5.41) is 17.6. The number of aliphatic carboxylic acids is 1. The summed E-state index contributed by atoms with van der Waals surface area (Å²) in [6.07, 6.45) is 11.4. The Labute approximate surface area is 232 Å². The molecule has 0 atom stereocenters. The van der Waals surface area contributed by atoms with Crippen molar-refractivity contribution in [3.05, 3.63) is 52.9 Å². The zero-order valence-electron chi connectivity index (χ0n) is 24.4. The lowest BCUT2D eigenvalue weighted by molar-refractivity contribution is -0.137. The molecular formula is C31H46N4O4. The van der Waals surface area contributed by atoms with Crippen LogP contribution in [0.5, 0.6) is 5.75 Å². The number of nitrogens with zero attached hydrogens (tertiary/aromatic N) is 3. The zero-order valence-corrected chi connectivity index (χ0v) is 24.4. The molecule has 2 aromatic rings. The Hall–Kier alpha value is -3.29. The van der Waals surface area contributed by atoms with Gasteiger partial charge >= 0.3 is 5.97 Å². The van der Waals surface area contributed by atoms with Gasteiger partial charge in [-0.05, 0) is 56.1 Å². The lowest BCUT2D eigenvalue weighted by atomic mass is 9.84. The third-order valence-corrected chi connectivity index (χ3v) is 7.45. The van der Waals surface area contributed by atoms with Crippen molar-refractivity contribution in [1.29, 1.82) is 5.41 Å². The standard InChI is InChI=1S/C31H46N4O4/c1-6-23(7-2)13-16-34-17-18-35(30(34)32)22-27(36)24-20-25(31(3,4)5)29(39-19-11-8-12-28(37)38)26(21-24)33-14-9-10-15-33/h13,17-18,20-21,32H,6-12,14-16,19,22H2,1-5H3,(H,37,38). The van der Waals surface area contributed by atoms with E-state index in [1.54, 1.807) is 4.57 Å². The van der Waals surface area contributed by atoms with E-state index in [4.69, 9.17) is 15.3 Å². The first-order chi connectivity index (χ1) is 18.5. The molecule has 0 radical (unpaired) electrons. The van der Waals surface area contributed by atoms with Crippen LogP contribution in [0.25, 0.3) is 0 Å². The topological polar surface area (TPSA) is 101 Å². The number of aromatic nitrogens is 2. The number of carbonyl (C=O) groups is 2. The molecule has 39 heavy (non-hydrogen) atoms. The predicted octanol–water partition coefficient (Wildman–Crippen LogP) is 5.93. The van der Waals surface area contributed by atoms with Gasteiger partial charge in [-0.25, -0.2) is 0 Å². The zero-order chi connectivity index (χ0) is 28.6. The van der Waals surface area contributed by atoms with Crippen LogP contribution in [0.15, 0.2) is 36.2 Å². The fourth-order valence-corrected chi connectivity index (χ4v) is 4.98. The number of carboxylic acid groups (broad SMARTS) is 1. The maximum absolute atomic E-state index is 13.6. The number of hydrogen-bond donors (Lipinski definition) is 2. The number of ketones is 1. The first-order valence-corrected chi connectivity index (χ1v) is 14.3. The summed E-state index contributed by atoms with van der Waals surface area (Å²) < 4.78 is 9.90. The van der Waals surface area contributed by atoms with Crippen molar-refractivity contribution in [1.82, 2.24) is 9.13 Å². The minimum absolute atomic E-state index is 0.0384. The number of allylic oxidation sites excluding steroid dienone is 2. The van der Waals surface area contributed by atoms with Gasteiger partial charge in [-0.3, -0.25) is 15.0 Å². The van der Waals surface area contributed by atoms with E-state index in [0.29, 0.717) is 37.2 Å². The third kappa shape index (κ3) is 8.10. The Morgan fingerprint density at radius 2 is 1.72 bits per heavy atom. The monoisotopic (exact) mass is 538 g/mol. The van der Waals surface area contributed by atoms with Gasteiger partial charge in [0.25, 0.3) is 0 Å². The van der Waals surface area contributed by atoms with Crippen molar-refractivity contribution in [3.8, 4) is 5.75 Å². The SMILES string of the molecule is CCC(=CCn1ccn(CC(=O)c2cc(N3CCCC3)c(OCCCCC(=O)O)c(C(C)(C)C)c2)c1=N)CC. The molecule has 0 spiro atoms. The van der Waals surface area contributed by atoms with Gasteiger partial charge in [0.2, 0.25) is 5.62 Å². The average molecular weight is 539 g/mol. The Bertz CT molecular complexity index is 1220. The lowest BCUT2D eigenvalue weighted by Gasteiger charge is -2.29. The fourth-order valence-electron chi connectivity index (χ4n) is 4.98. The second-order valence-corrected chi connectivity index (χ2v) is 11.4. The number of nitrogens with one attached hydrogen (secondary N) is 1. The van der Waals surface area contributed by atoms with Crippen LogP contribution in [0.1, 0.15) is 95.5 Å². The van der Waals surface area contributed by atoms with E-state index in [0.717, 1.165) is 55.8 Å². The third-order valence-electron chi connectivity index (χ3n) is 7.45. The summed E-state index contributed by atoms with van der Waals surface area (Å²) >= 11 is 0. The van der Waals surface area contributed by atoms with Crippen LogP contribution < -0.4 is 15.3 Å². The molecule has 8 heteroatoms. The summed E-state index contributed by atoms with van der Waals surface area (Å²) in [6, 6.07) is 3.90. The minimum atomic E-state index is -0.793. The van der Waals surface area contributed by atoms with E-state index in [-0.39, 0.29) is 24.2 Å². The molecule has 3 rings (SSSR count). The summed E-state index contributed by atoms with van der Waals surface area (Å²) in [5.41, 5.74) is 3.94. The first kappa shape index (κ1) is 30.3. The summed E-state index contributed by atoms with van der Waals surface area (Å²) in [4.78, 5) is 26.8. The number of rotatable bonds is 14. The molecule has 2 heterocycles. The molecule has 0 bridgehead atoms. The van der Waals surface area contributed by atoms with E-state index in [1.165, 1.54) is 5.57 Å². The van der Waals surface area contributed by atoms with Crippen molar-refractivity contribution in [2.24, 2.45) is 0 Å². The predicted molar refractivity (Wildman–Crippen MR) is 155 cm³/mol. The molecule has 8 nitrogen and oxygen atoms in total. The maximum atomic E-state index is 13.6. The van der Waals surface area contributed by atoms with E-state index in [9.17, 15) is 9.59 Å². The molecule has 1 fully saturated rings. The number of carbonyl (C=O) groups excluding carboxylic acids is 1. The van der Waals surface area contributed by atoms with Gasteiger partial charge in [-0.1, -0.05) is 46.3 Å². The summed E-state index contributed by atoms with van der Waals surface area (Å²) in [5.74, 6) is -0.0348. The van der Waals surface area contributed by atoms with Gasteiger partial charge in [0, 0.05) is 49.6 Å². The number of unbranched alkanes of at least 4 members (excludes halogenated alkanes) is 1. The molecule has 1 aliphatic heterocycles. The Morgan fingerprint density at radius 3 is 2.33 bits per heavy atom. The van der Waals surface area contributed by atoms with Crippen LogP contribution in [0.3, 0.4) is 0 Å². The highest BCUT2D eigenvalue weighted by atomic mass is 16.5. The molecule has 1 aliphatic rings. The molecule has 0 unspecified atom stereocenters. The Kier molecular flexibility index (Phi) is 10.6. The van der Waals surface area contributed by atoms with Crippen LogP contribution in [0.2, 0.25) is 0 Å². The van der Waals surface area contributed by atoms with Gasteiger partial charge in [0.1, 0.15) is 5.75 Å². The van der Waals surface area contributed by atoms with E-state index < -0.39 is 5.97 Å². The average Bonchev–Trinajstić information content (AvgIpc) is 3.54. The second kappa shape index (κ2) is 13.7. The number of imidazole rings is 1. The quantitative estimate of drug-likeness (QED) is 0.176. The molecule has 1 aromatic heterocycles. The van der Waals surface area contributed by atoms with Crippen LogP contribution in [0.4, 0.5) is 5.69 Å². The lowest BCUT2D eigenvalue weighted by Crippen LogP contribution is -2.27. The molecule has 1 aromatic carbocycles. The fraction of sp³-hybridized carbons (Fsp3) is 0.581. The van der Waals surface area contributed by atoms with Crippen molar-refractivity contribution >= 4 is 17.4 Å². The highest BCUT2D eigenvalue weighted by Gasteiger charge is 2.28. The summed E-state index contributed by atoms with van der Waals surface area (Å²) in [7, 11) is 0. The summed E-state index contributed by atoms with van der Waals surface area (Å²) in [6.45, 7) is 13.6. The van der Waals surface area contributed by atoms with E-state index >= 15 is 0 Å². The highest BCUT2D eigenvalue weighted by Crippen LogP contribution is 2.41. The van der Waals surface area contributed by atoms with Gasteiger partial charge in [-0.2, -0.15) is 0 Å². The van der Waals surface area contributed by atoms with Crippen molar-refractivity contribution in [2.75, 3.05) is 24.6 Å². The van der Waals surface area contributed by atoms with Crippen molar-refractivity contribution in [2.45, 2.75) is 98.1 Å². The van der Waals surface area contributed by atoms with Crippen molar-refractivity contribution in [3.63, 3.8) is 0 Å². The number of carboxylic acids is 1. The number of hydrogen-bond acceptors (Lipinski definition) is 5. The van der Waals surface area contributed by atoms with E-state index in [2.05, 4.69) is 45.6 Å². The molecule has 1 saturated heterocycles. The highest BCUT2D eigenvalue weighted by molar-refractivity contribution is 5.98. The van der Waals surface area contributed by atoms with Gasteiger partial charge in [0.05, 0.1) is 18.8 Å². The molecule has 0 saturated carbocycles. The molecular weight excluding hydrogens is 492 g/mol. The normalized spacial score (nSPS) is 13.5. The smallest absolute Gasteiger partial charge is 0.303 e.